The van der Waals surface area contributed by atoms with Crippen LogP contribution in [0.1, 0.15) is 40.2 Å². The molecule has 5 nitrogen and oxygen atoms in total. The number of hydrogen-bond donors (Lipinski definition) is 1. The molecule has 23 heavy (non-hydrogen) atoms. The van der Waals surface area contributed by atoms with Gasteiger partial charge in [0.2, 0.25) is 5.91 Å². The minimum atomic E-state index is -0.0527. The quantitative estimate of drug-likeness (QED) is 0.652. The van der Waals surface area contributed by atoms with Crippen molar-refractivity contribution in [2.24, 2.45) is 0 Å². The van der Waals surface area contributed by atoms with E-state index in [9.17, 15) is 9.59 Å². The Hall–Kier alpha value is -1.82. The number of rotatable bonds is 6. The van der Waals surface area contributed by atoms with Gasteiger partial charge in [-0.1, -0.05) is 30.8 Å². The average molecular weight is 333 g/mol. The molecular weight excluding hydrogens is 310 g/mol. The van der Waals surface area contributed by atoms with Crippen LogP contribution in [-0.4, -0.2) is 27.3 Å². The van der Waals surface area contributed by atoms with Crippen LogP contribution in [0.5, 0.6) is 0 Å². The molecule has 0 radical (unpaired) electrons. The van der Waals surface area contributed by atoms with Crippen LogP contribution >= 0.6 is 11.8 Å². The number of benzene rings is 1. The van der Waals surface area contributed by atoms with Gasteiger partial charge in [0.15, 0.2) is 5.16 Å². The lowest BCUT2D eigenvalue weighted by Gasteiger charge is -2.18. The Kier molecular flexibility index (Phi) is 5.82. The van der Waals surface area contributed by atoms with Gasteiger partial charge in [0.25, 0.3) is 5.56 Å². The lowest BCUT2D eigenvalue weighted by atomic mass is 10.2. The molecule has 0 aliphatic rings. The zero-order valence-corrected chi connectivity index (χ0v) is 14.8. The highest BCUT2D eigenvalue weighted by atomic mass is 32.2. The van der Waals surface area contributed by atoms with Crippen molar-refractivity contribution in [3.63, 3.8) is 0 Å². The van der Waals surface area contributed by atoms with E-state index >= 15 is 0 Å². The Morgan fingerprint density at radius 1 is 1.30 bits per heavy atom. The standard InChI is InChI=1S/C17H23N3O2S/c1-5-12(4)20-16(22)13-8-6-7-9-14(13)19-17(20)23-10-15(21)18-11(2)3/h6-9,11-12H,5,10H2,1-4H3,(H,18,21). The number of hydrogen-bond acceptors (Lipinski definition) is 4. The van der Waals surface area contributed by atoms with E-state index < -0.39 is 0 Å². The Morgan fingerprint density at radius 2 is 2.00 bits per heavy atom. The zero-order chi connectivity index (χ0) is 17.0. The van der Waals surface area contributed by atoms with E-state index in [1.165, 1.54) is 11.8 Å². The largest absolute Gasteiger partial charge is 0.353 e. The average Bonchev–Trinajstić information content (AvgIpc) is 2.52. The summed E-state index contributed by atoms with van der Waals surface area (Å²) in [6, 6.07) is 7.47. The molecule has 1 unspecified atom stereocenters. The molecule has 0 saturated heterocycles. The molecule has 1 aromatic carbocycles. The molecular formula is C17H23N3O2S. The van der Waals surface area contributed by atoms with Crippen molar-refractivity contribution in [1.82, 2.24) is 14.9 Å². The number of aromatic nitrogens is 2. The van der Waals surface area contributed by atoms with Crippen molar-refractivity contribution in [3.8, 4) is 0 Å². The molecule has 1 atom stereocenters. The van der Waals surface area contributed by atoms with Crippen LogP contribution in [-0.2, 0) is 4.79 Å². The molecule has 0 saturated carbocycles. The molecule has 1 aromatic heterocycles. The van der Waals surface area contributed by atoms with Crippen LogP contribution < -0.4 is 10.9 Å². The predicted molar refractivity (Wildman–Crippen MR) is 95.0 cm³/mol. The third kappa shape index (κ3) is 4.13. The number of thioether (sulfide) groups is 1. The Labute approximate surface area is 140 Å². The highest BCUT2D eigenvalue weighted by Gasteiger charge is 2.16. The van der Waals surface area contributed by atoms with Crippen LogP contribution in [0.15, 0.2) is 34.2 Å². The number of para-hydroxylation sites is 1. The Balaban J connectivity index is 2.40. The molecule has 0 fully saturated rings. The fraction of sp³-hybridized carbons (Fsp3) is 0.471. The first-order valence-electron chi connectivity index (χ1n) is 7.87. The summed E-state index contributed by atoms with van der Waals surface area (Å²) >= 11 is 1.31. The summed E-state index contributed by atoms with van der Waals surface area (Å²) in [5, 5.41) is 4.07. The minimum Gasteiger partial charge on any atom is -0.353 e. The first-order valence-corrected chi connectivity index (χ1v) is 8.86. The van der Waals surface area contributed by atoms with Gasteiger partial charge in [-0.2, -0.15) is 0 Å². The maximum atomic E-state index is 12.8. The van der Waals surface area contributed by atoms with Crippen molar-refractivity contribution in [2.45, 2.75) is 51.4 Å². The van der Waals surface area contributed by atoms with E-state index in [1.54, 1.807) is 10.6 Å². The van der Waals surface area contributed by atoms with Gasteiger partial charge < -0.3 is 5.32 Å². The van der Waals surface area contributed by atoms with Crippen molar-refractivity contribution < 1.29 is 4.79 Å². The van der Waals surface area contributed by atoms with E-state index in [-0.39, 0.29) is 29.3 Å². The summed E-state index contributed by atoms with van der Waals surface area (Å²) in [6.07, 6.45) is 0.825. The number of fused-ring (bicyclic) bond motifs is 1. The van der Waals surface area contributed by atoms with Crippen LogP contribution in [0, 0.1) is 0 Å². The molecule has 1 heterocycles. The van der Waals surface area contributed by atoms with Gasteiger partial charge in [0.05, 0.1) is 16.7 Å². The van der Waals surface area contributed by atoms with Gasteiger partial charge in [-0.05, 0) is 39.3 Å². The van der Waals surface area contributed by atoms with E-state index in [0.29, 0.717) is 16.1 Å². The van der Waals surface area contributed by atoms with E-state index in [0.717, 1.165) is 6.42 Å². The molecule has 2 aromatic rings. The molecule has 124 valence electrons. The molecule has 2 rings (SSSR count). The zero-order valence-electron chi connectivity index (χ0n) is 14.0. The van der Waals surface area contributed by atoms with Crippen molar-refractivity contribution in [2.75, 3.05) is 5.75 Å². The second kappa shape index (κ2) is 7.64. The number of nitrogens with one attached hydrogen (secondary N) is 1. The molecule has 0 aliphatic heterocycles. The summed E-state index contributed by atoms with van der Waals surface area (Å²) in [7, 11) is 0. The monoisotopic (exact) mass is 333 g/mol. The van der Waals surface area contributed by atoms with Gasteiger partial charge in [0, 0.05) is 12.1 Å². The van der Waals surface area contributed by atoms with Crippen molar-refractivity contribution in [1.29, 1.82) is 0 Å². The summed E-state index contributed by atoms with van der Waals surface area (Å²) in [5.74, 6) is 0.197. The Morgan fingerprint density at radius 3 is 2.65 bits per heavy atom. The van der Waals surface area contributed by atoms with Gasteiger partial charge >= 0.3 is 0 Å². The topological polar surface area (TPSA) is 64.0 Å². The minimum absolute atomic E-state index is 0.0373. The smallest absolute Gasteiger partial charge is 0.262 e. The number of carbonyl (C=O) groups is 1. The maximum Gasteiger partial charge on any atom is 0.262 e. The summed E-state index contributed by atoms with van der Waals surface area (Å²) in [4.78, 5) is 29.3. The molecule has 1 N–H and O–H groups in total. The highest BCUT2D eigenvalue weighted by Crippen LogP contribution is 2.22. The van der Waals surface area contributed by atoms with Gasteiger partial charge in [0.1, 0.15) is 0 Å². The SMILES string of the molecule is CCC(C)n1c(SCC(=O)NC(C)C)nc2ccccc2c1=O. The van der Waals surface area contributed by atoms with Crippen LogP contribution in [0.3, 0.4) is 0 Å². The summed E-state index contributed by atoms with van der Waals surface area (Å²) in [6.45, 7) is 7.88. The first-order chi connectivity index (χ1) is 10.9. The number of carbonyl (C=O) groups excluding carboxylic acids is 1. The lowest BCUT2D eigenvalue weighted by molar-refractivity contribution is -0.119. The molecule has 0 spiro atoms. The second-order valence-corrected chi connectivity index (χ2v) is 6.80. The molecule has 0 aliphatic carbocycles. The summed E-state index contributed by atoms with van der Waals surface area (Å²) in [5.41, 5.74) is 0.625. The fourth-order valence-corrected chi connectivity index (χ4v) is 3.20. The number of nitrogens with zero attached hydrogens (tertiary/aromatic N) is 2. The molecule has 0 bridgehead atoms. The van der Waals surface area contributed by atoms with Gasteiger partial charge in [-0.3, -0.25) is 14.2 Å². The van der Waals surface area contributed by atoms with E-state index in [1.807, 2.05) is 45.9 Å². The summed E-state index contributed by atoms with van der Waals surface area (Å²) < 4.78 is 1.70. The Bertz CT molecular complexity index is 755. The normalized spacial score (nSPS) is 12.6. The van der Waals surface area contributed by atoms with Crippen LogP contribution in [0.25, 0.3) is 10.9 Å². The lowest BCUT2D eigenvalue weighted by Crippen LogP contribution is -2.32. The third-order valence-electron chi connectivity index (χ3n) is 3.59. The highest BCUT2D eigenvalue weighted by molar-refractivity contribution is 7.99. The van der Waals surface area contributed by atoms with E-state index in [4.69, 9.17) is 0 Å². The molecule has 6 heteroatoms. The third-order valence-corrected chi connectivity index (χ3v) is 4.54. The molecule has 1 amide bonds. The predicted octanol–water partition coefficient (Wildman–Crippen LogP) is 2.98. The maximum absolute atomic E-state index is 12.8. The van der Waals surface area contributed by atoms with Crippen LogP contribution in [0.2, 0.25) is 0 Å². The number of amides is 1. The van der Waals surface area contributed by atoms with E-state index in [2.05, 4.69) is 10.3 Å². The van der Waals surface area contributed by atoms with Crippen molar-refractivity contribution in [3.05, 3.63) is 34.6 Å². The fourth-order valence-electron chi connectivity index (χ4n) is 2.29. The van der Waals surface area contributed by atoms with Gasteiger partial charge in [-0.15, -0.1) is 0 Å². The van der Waals surface area contributed by atoms with Gasteiger partial charge in [-0.25, -0.2) is 4.98 Å². The van der Waals surface area contributed by atoms with Crippen molar-refractivity contribution >= 4 is 28.6 Å². The first kappa shape index (κ1) is 17.5. The van der Waals surface area contributed by atoms with Crippen LogP contribution in [0.4, 0.5) is 0 Å². The second-order valence-electron chi connectivity index (χ2n) is 5.85.